The first-order chi connectivity index (χ1) is 8.97. The highest BCUT2D eigenvalue weighted by Gasteiger charge is 2.29. The van der Waals surface area contributed by atoms with Crippen LogP contribution in [0.3, 0.4) is 0 Å². The lowest BCUT2D eigenvalue weighted by Crippen LogP contribution is -2.04. The molecule has 1 nitrogen and oxygen atoms in total. The van der Waals surface area contributed by atoms with Crippen molar-refractivity contribution in [2.75, 3.05) is 0 Å². The zero-order valence-electron chi connectivity index (χ0n) is 9.75. The Labute approximate surface area is 117 Å². The van der Waals surface area contributed by atoms with Crippen LogP contribution in [0, 0.1) is 0 Å². The van der Waals surface area contributed by atoms with Crippen molar-refractivity contribution >= 4 is 15.9 Å². The van der Waals surface area contributed by atoms with E-state index >= 15 is 0 Å². The fraction of sp³-hybridized carbons (Fsp3) is 0.143. The van der Waals surface area contributed by atoms with Gasteiger partial charge in [0, 0.05) is 10.0 Å². The number of benzene rings is 2. The smallest absolute Gasteiger partial charge is 0.416 e. The Kier molecular flexibility index (Phi) is 4.14. The average molecular weight is 331 g/mol. The van der Waals surface area contributed by atoms with Crippen molar-refractivity contribution in [3.05, 3.63) is 64.1 Å². The van der Waals surface area contributed by atoms with Gasteiger partial charge in [-0.15, -0.1) is 0 Å². The Hall–Kier alpha value is -1.49. The largest absolute Gasteiger partial charge is 0.489 e. The summed E-state index contributed by atoms with van der Waals surface area (Å²) in [5.74, 6) is 0.406. The second-order valence-electron chi connectivity index (χ2n) is 3.90. The number of alkyl halides is 3. The fourth-order valence-corrected chi connectivity index (χ4v) is 1.92. The highest BCUT2D eigenvalue weighted by atomic mass is 79.9. The van der Waals surface area contributed by atoms with Crippen molar-refractivity contribution in [2.24, 2.45) is 0 Å². The summed E-state index contributed by atoms with van der Waals surface area (Å²) in [5.41, 5.74) is 0.253. The molecule has 0 heterocycles. The first kappa shape index (κ1) is 13.9. The van der Waals surface area contributed by atoms with Crippen LogP contribution in [-0.2, 0) is 12.8 Å². The molecule has 2 aromatic carbocycles. The van der Waals surface area contributed by atoms with E-state index in [9.17, 15) is 13.2 Å². The number of hydrogen-bond acceptors (Lipinski definition) is 1. The quantitative estimate of drug-likeness (QED) is 0.765. The maximum Gasteiger partial charge on any atom is 0.416 e. The van der Waals surface area contributed by atoms with Crippen molar-refractivity contribution in [3.8, 4) is 5.75 Å². The van der Waals surface area contributed by atoms with Crippen LogP contribution < -0.4 is 4.74 Å². The Morgan fingerprint density at radius 2 is 1.58 bits per heavy atom. The number of rotatable bonds is 3. The van der Waals surface area contributed by atoms with Crippen LogP contribution in [-0.4, -0.2) is 0 Å². The first-order valence-corrected chi connectivity index (χ1v) is 6.29. The molecule has 100 valence electrons. The van der Waals surface area contributed by atoms with E-state index in [2.05, 4.69) is 15.9 Å². The van der Waals surface area contributed by atoms with Crippen LogP contribution in [0.15, 0.2) is 53.0 Å². The molecule has 19 heavy (non-hydrogen) atoms. The van der Waals surface area contributed by atoms with E-state index in [0.29, 0.717) is 12.4 Å². The molecule has 0 unspecified atom stereocenters. The molecule has 0 radical (unpaired) electrons. The molecule has 0 aliphatic carbocycles. The molecule has 0 saturated carbocycles. The average Bonchev–Trinajstić information content (AvgIpc) is 2.37. The summed E-state index contributed by atoms with van der Waals surface area (Å²) in [6, 6.07) is 12.2. The molecular weight excluding hydrogens is 321 g/mol. The van der Waals surface area contributed by atoms with Crippen molar-refractivity contribution in [1.82, 2.24) is 0 Å². The van der Waals surface area contributed by atoms with Gasteiger partial charge in [0.25, 0.3) is 0 Å². The van der Waals surface area contributed by atoms with Gasteiger partial charge in [-0.25, -0.2) is 0 Å². The molecule has 5 heteroatoms. The van der Waals surface area contributed by atoms with Gasteiger partial charge in [-0.1, -0.05) is 34.1 Å². The van der Waals surface area contributed by atoms with Crippen molar-refractivity contribution in [3.63, 3.8) is 0 Å². The summed E-state index contributed by atoms with van der Waals surface area (Å²) in [6.07, 6.45) is -4.32. The van der Waals surface area contributed by atoms with E-state index in [1.165, 1.54) is 12.1 Å². The molecular formula is C14H10BrF3O. The van der Waals surface area contributed by atoms with E-state index in [0.717, 1.165) is 22.2 Å². The molecule has 0 aromatic heterocycles. The molecule has 2 aromatic rings. The minimum atomic E-state index is -4.32. The predicted molar refractivity (Wildman–Crippen MR) is 69.9 cm³/mol. The minimum Gasteiger partial charge on any atom is -0.489 e. The van der Waals surface area contributed by atoms with Crippen LogP contribution in [0.2, 0.25) is 0 Å². The fourth-order valence-electron chi connectivity index (χ4n) is 1.52. The minimum absolute atomic E-state index is 0.298. The topological polar surface area (TPSA) is 9.23 Å². The van der Waals surface area contributed by atoms with Gasteiger partial charge in [-0.2, -0.15) is 13.2 Å². The normalized spacial score (nSPS) is 11.4. The Bertz CT molecular complexity index is 549. The molecule has 0 aliphatic heterocycles. The number of ether oxygens (including phenoxy) is 1. The standard InChI is InChI=1S/C14H10BrF3O/c15-13-4-2-1-3-10(13)9-19-12-7-5-11(6-8-12)14(16,17)18/h1-8H,9H2. The molecule has 0 spiro atoms. The summed E-state index contributed by atoms with van der Waals surface area (Å²) in [4.78, 5) is 0. The van der Waals surface area contributed by atoms with E-state index in [1.807, 2.05) is 24.3 Å². The Morgan fingerprint density at radius 1 is 0.947 bits per heavy atom. The molecule has 0 amide bonds. The zero-order valence-corrected chi connectivity index (χ0v) is 11.3. The third kappa shape index (κ3) is 3.73. The molecule has 0 aliphatic rings. The van der Waals surface area contributed by atoms with Gasteiger partial charge in [-0.05, 0) is 30.3 Å². The second-order valence-corrected chi connectivity index (χ2v) is 4.76. The number of hydrogen-bond donors (Lipinski definition) is 0. The first-order valence-electron chi connectivity index (χ1n) is 5.50. The summed E-state index contributed by atoms with van der Waals surface area (Å²) in [7, 11) is 0. The molecule has 0 atom stereocenters. The van der Waals surface area contributed by atoms with Crippen LogP contribution in [0.5, 0.6) is 5.75 Å². The van der Waals surface area contributed by atoms with Crippen LogP contribution in [0.4, 0.5) is 13.2 Å². The van der Waals surface area contributed by atoms with Crippen molar-refractivity contribution in [1.29, 1.82) is 0 Å². The SMILES string of the molecule is FC(F)(F)c1ccc(OCc2ccccc2Br)cc1. The summed E-state index contributed by atoms with van der Waals surface area (Å²) < 4.78 is 43.5. The molecule has 0 N–H and O–H groups in total. The molecule has 0 saturated heterocycles. The van der Waals surface area contributed by atoms with Crippen LogP contribution in [0.25, 0.3) is 0 Å². The van der Waals surface area contributed by atoms with Gasteiger partial charge < -0.3 is 4.74 Å². The summed E-state index contributed by atoms with van der Waals surface area (Å²) in [5, 5.41) is 0. The lowest BCUT2D eigenvalue weighted by Gasteiger charge is -2.10. The van der Waals surface area contributed by atoms with E-state index in [-0.39, 0.29) is 0 Å². The Morgan fingerprint density at radius 3 is 2.16 bits per heavy atom. The van der Waals surface area contributed by atoms with Gasteiger partial charge >= 0.3 is 6.18 Å². The lowest BCUT2D eigenvalue weighted by atomic mass is 10.2. The molecule has 0 fully saturated rings. The molecule has 2 rings (SSSR count). The maximum atomic E-state index is 12.4. The maximum absolute atomic E-state index is 12.4. The van der Waals surface area contributed by atoms with Gasteiger partial charge in [-0.3, -0.25) is 0 Å². The van der Waals surface area contributed by atoms with Crippen molar-refractivity contribution in [2.45, 2.75) is 12.8 Å². The molecule has 0 bridgehead atoms. The van der Waals surface area contributed by atoms with E-state index in [1.54, 1.807) is 0 Å². The van der Waals surface area contributed by atoms with E-state index < -0.39 is 11.7 Å². The van der Waals surface area contributed by atoms with Crippen molar-refractivity contribution < 1.29 is 17.9 Å². The number of halogens is 4. The van der Waals surface area contributed by atoms with E-state index in [4.69, 9.17) is 4.74 Å². The monoisotopic (exact) mass is 330 g/mol. The summed E-state index contributed by atoms with van der Waals surface area (Å²) in [6.45, 7) is 0.298. The van der Waals surface area contributed by atoms with Crippen LogP contribution >= 0.6 is 15.9 Å². The van der Waals surface area contributed by atoms with Gasteiger partial charge in [0.15, 0.2) is 0 Å². The van der Waals surface area contributed by atoms with Gasteiger partial charge in [0.05, 0.1) is 5.56 Å². The van der Waals surface area contributed by atoms with Gasteiger partial charge in [0.2, 0.25) is 0 Å². The Balaban J connectivity index is 2.03. The zero-order chi connectivity index (χ0) is 13.9. The second kappa shape index (κ2) is 5.65. The van der Waals surface area contributed by atoms with Gasteiger partial charge in [0.1, 0.15) is 12.4 Å². The highest BCUT2D eigenvalue weighted by molar-refractivity contribution is 9.10. The highest BCUT2D eigenvalue weighted by Crippen LogP contribution is 2.30. The third-order valence-corrected chi connectivity index (χ3v) is 3.31. The van der Waals surface area contributed by atoms with Crippen LogP contribution in [0.1, 0.15) is 11.1 Å². The third-order valence-electron chi connectivity index (χ3n) is 2.53. The summed E-state index contributed by atoms with van der Waals surface area (Å²) >= 11 is 3.38. The predicted octanol–water partition coefficient (Wildman–Crippen LogP) is 5.05. The lowest BCUT2D eigenvalue weighted by molar-refractivity contribution is -0.137.